The molecular formula is C30H40ClN3O6S. The van der Waals surface area contributed by atoms with Gasteiger partial charge in [-0.05, 0) is 82.2 Å². The fraction of sp³-hybridized carbons (Fsp3) is 0.533. The van der Waals surface area contributed by atoms with Gasteiger partial charge in [0.1, 0.15) is 16.5 Å². The lowest BCUT2D eigenvalue weighted by molar-refractivity contribution is -0.139. The number of fused-ring (bicyclic) bond motifs is 1. The number of carbonyl (C=O) groups is 2. The number of benzene rings is 2. The first-order valence-corrected chi connectivity index (χ1v) is 15.9. The number of carboxylic acids is 1. The van der Waals surface area contributed by atoms with Crippen LogP contribution in [0.3, 0.4) is 0 Å². The molecule has 2 N–H and O–H groups in total. The van der Waals surface area contributed by atoms with Crippen LogP contribution in [0.1, 0.15) is 64.9 Å². The number of aliphatic carboxylic acids is 1. The van der Waals surface area contributed by atoms with Gasteiger partial charge in [-0.1, -0.05) is 49.1 Å². The Balaban J connectivity index is 1.69. The molecule has 1 aliphatic carbocycles. The van der Waals surface area contributed by atoms with E-state index in [2.05, 4.69) is 5.32 Å². The number of sulfonamides is 1. The smallest absolute Gasteiger partial charge is 0.408 e. The number of likely N-dealkylation sites (N-methyl/N-ethyl adjacent to an activating group) is 1. The van der Waals surface area contributed by atoms with Gasteiger partial charge in [0, 0.05) is 30.3 Å². The van der Waals surface area contributed by atoms with Crippen LogP contribution in [0.4, 0.5) is 16.2 Å². The van der Waals surface area contributed by atoms with Gasteiger partial charge < -0.3 is 20.1 Å². The minimum Gasteiger partial charge on any atom is -0.480 e. The van der Waals surface area contributed by atoms with Crippen molar-refractivity contribution in [2.75, 3.05) is 18.5 Å². The molecule has 224 valence electrons. The molecule has 2 aromatic rings. The van der Waals surface area contributed by atoms with Crippen LogP contribution >= 0.6 is 11.6 Å². The normalized spacial score (nSPS) is 20.5. The van der Waals surface area contributed by atoms with Gasteiger partial charge in [-0.25, -0.2) is 18.0 Å². The summed E-state index contributed by atoms with van der Waals surface area (Å²) in [7, 11) is -2.24. The van der Waals surface area contributed by atoms with E-state index in [-0.39, 0.29) is 29.7 Å². The Morgan fingerprint density at radius 2 is 1.78 bits per heavy atom. The number of nitrogens with one attached hydrogen (secondary N) is 1. The van der Waals surface area contributed by atoms with Crippen LogP contribution in [0, 0.1) is 5.92 Å². The molecule has 9 nitrogen and oxygen atoms in total. The van der Waals surface area contributed by atoms with Gasteiger partial charge in [0.05, 0.1) is 5.69 Å². The number of para-hydroxylation sites is 1. The number of halogens is 1. The summed E-state index contributed by atoms with van der Waals surface area (Å²) in [5.74, 6) is -0.978. The van der Waals surface area contributed by atoms with E-state index in [4.69, 9.17) is 16.3 Å². The number of amides is 1. The van der Waals surface area contributed by atoms with Crippen molar-refractivity contribution in [1.29, 1.82) is 0 Å². The molecule has 0 aromatic heterocycles. The SMILES string of the molecule is CN1[C@H](C2CCCCC2)CN(c2ccccc2)c2cc(Cl)c(CC[C@@H](NC(=O)OC(C)(C)C)C(=O)O)cc2S1(=O)=O. The lowest BCUT2D eigenvalue weighted by atomic mass is 9.83. The Bertz CT molecular complexity index is 1360. The summed E-state index contributed by atoms with van der Waals surface area (Å²) in [5.41, 5.74) is 1.07. The zero-order chi connectivity index (χ0) is 29.9. The largest absolute Gasteiger partial charge is 0.480 e. The Hall–Kier alpha value is -2.82. The van der Waals surface area contributed by atoms with Crippen molar-refractivity contribution in [3.63, 3.8) is 0 Å². The molecular weight excluding hydrogens is 566 g/mol. The van der Waals surface area contributed by atoms with Crippen LogP contribution in [0.25, 0.3) is 0 Å². The number of carbonyl (C=O) groups excluding carboxylic acids is 1. The molecule has 1 fully saturated rings. The third kappa shape index (κ3) is 7.34. The number of hydrogen-bond donors (Lipinski definition) is 2. The number of aryl methyl sites for hydroxylation is 1. The highest BCUT2D eigenvalue weighted by atomic mass is 35.5. The minimum absolute atomic E-state index is 0.00390. The highest BCUT2D eigenvalue weighted by Gasteiger charge is 2.41. The lowest BCUT2D eigenvalue weighted by Gasteiger charge is -2.36. The Morgan fingerprint density at radius 3 is 2.39 bits per heavy atom. The fourth-order valence-corrected chi connectivity index (χ4v) is 7.63. The van der Waals surface area contributed by atoms with E-state index in [0.29, 0.717) is 22.8 Å². The van der Waals surface area contributed by atoms with E-state index in [1.54, 1.807) is 40.0 Å². The first-order chi connectivity index (χ1) is 19.3. The highest BCUT2D eigenvalue weighted by molar-refractivity contribution is 7.89. The number of rotatable bonds is 7. The van der Waals surface area contributed by atoms with Gasteiger partial charge in [-0.15, -0.1) is 0 Å². The number of anilines is 2. The predicted molar refractivity (Wildman–Crippen MR) is 159 cm³/mol. The van der Waals surface area contributed by atoms with Gasteiger partial charge in [-0.2, -0.15) is 4.31 Å². The van der Waals surface area contributed by atoms with Crippen molar-refractivity contribution in [3.8, 4) is 0 Å². The molecule has 1 saturated carbocycles. The van der Waals surface area contributed by atoms with Gasteiger partial charge in [0.25, 0.3) is 0 Å². The summed E-state index contributed by atoms with van der Waals surface area (Å²) in [4.78, 5) is 26.3. The molecule has 1 aliphatic heterocycles. The first kappa shape index (κ1) is 31.1. The molecule has 2 atom stereocenters. The van der Waals surface area contributed by atoms with Crippen molar-refractivity contribution < 1.29 is 27.9 Å². The maximum atomic E-state index is 14.1. The lowest BCUT2D eigenvalue weighted by Crippen LogP contribution is -2.46. The van der Waals surface area contributed by atoms with Crippen molar-refractivity contribution in [2.45, 2.75) is 88.3 Å². The quantitative estimate of drug-likeness (QED) is 0.399. The Labute approximate surface area is 247 Å². The first-order valence-electron chi connectivity index (χ1n) is 14.1. The molecule has 0 spiro atoms. The van der Waals surface area contributed by atoms with Crippen LogP contribution in [-0.4, -0.2) is 61.2 Å². The van der Waals surface area contributed by atoms with Crippen LogP contribution < -0.4 is 10.2 Å². The second kappa shape index (κ2) is 12.6. The standard InChI is InChI=1S/C30H40ClN3O6S/c1-30(2,3)40-29(37)32-24(28(35)36)16-15-21-17-27-25(18-23(21)31)34(22-13-9-6-10-14-22)19-26(33(4)41(27,38)39)20-11-7-5-8-12-20/h6,9-10,13-14,17-18,20,24,26H,5,7-8,11-12,15-16,19H2,1-4H3,(H,32,37)(H,35,36)/t24-,26+/m1/s1. The van der Waals surface area contributed by atoms with Crippen molar-refractivity contribution in [3.05, 3.63) is 53.1 Å². The van der Waals surface area contributed by atoms with Crippen LogP contribution in [0.15, 0.2) is 47.4 Å². The van der Waals surface area contributed by atoms with Crippen LogP contribution in [-0.2, 0) is 26.0 Å². The number of ether oxygens (including phenoxy) is 1. The number of alkyl carbamates (subject to hydrolysis) is 1. The summed E-state index contributed by atoms with van der Waals surface area (Å²) in [6.07, 6.45) is 4.60. The van der Waals surface area contributed by atoms with E-state index < -0.39 is 33.7 Å². The average Bonchev–Trinajstić information content (AvgIpc) is 2.99. The number of nitrogens with zero attached hydrogens (tertiary/aromatic N) is 2. The molecule has 1 heterocycles. The number of carboxylic acid groups (broad SMARTS) is 1. The van der Waals surface area contributed by atoms with Crippen LogP contribution in [0.2, 0.25) is 5.02 Å². The van der Waals surface area contributed by atoms with Crippen molar-refractivity contribution in [2.24, 2.45) is 5.92 Å². The van der Waals surface area contributed by atoms with Crippen LogP contribution in [0.5, 0.6) is 0 Å². The Morgan fingerprint density at radius 1 is 1.12 bits per heavy atom. The number of hydrogen-bond acceptors (Lipinski definition) is 6. The van der Waals surface area contributed by atoms with Gasteiger partial charge in [0.15, 0.2) is 0 Å². The van der Waals surface area contributed by atoms with Gasteiger partial charge in [-0.3, -0.25) is 0 Å². The van der Waals surface area contributed by atoms with Gasteiger partial charge in [0.2, 0.25) is 10.0 Å². The molecule has 41 heavy (non-hydrogen) atoms. The van der Waals surface area contributed by atoms with E-state index >= 15 is 0 Å². The molecule has 4 rings (SSSR count). The highest BCUT2D eigenvalue weighted by Crippen LogP contribution is 2.42. The van der Waals surface area contributed by atoms with Gasteiger partial charge >= 0.3 is 12.1 Å². The summed E-state index contributed by atoms with van der Waals surface area (Å²) < 4.78 is 35.0. The summed E-state index contributed by atoms with van der Waals surface area (Å²) >= 11 is 6.74. The van der Waals surface area contributed by atoms with Crippen molar-refractivity contribution in [1.82, 2.24) is 9.62 Å². The van der Waals surface area contributed by atoms with E-state index in [9.17, 15) is 23.1 Å². The zero-order valence-corrected chi connectivity index (χ0v) is 25.7. The molecule has 0 saturated heterocycles. The van der Waals surface area contributed by atoms with E-state index in [0.717, 1.165) is 31.4 Å². The Kier molecular flexibility index (Phi) is 9.56. The molecule has 2 aliphatic rings. The average molecular weight is 606 g/mol. The fourth-order valence-electron chi connectivity index (χ4n) is 5.75. The second-order valence-electron chi connectivity index (χ2n) is 11.9. The predicted octanol–water partition coefficient (Wildman–Crippen LogP) is 5.97. The third-order valence-electron chi connectivity index (χ3n) is 7.87. The summed E-state index contributed by atoms with van der Waals surface area (Å²) in [5, 5.41) is 12.4. The zero-order valence-electron chi connectivity index (χ0n) is 24.1. The van der Waals surface area contributed by atoms with E-state index in [1.165, 1.54) is 10.7 Å². The molecule has 2 aromatic carbocycles. The maximum absolute atomic E-state index is 14.1. The molecule has 0 unspecified atom stereocenters. The summed E-state index contributed by atoms with van der Waals surface area (Å²) in [6.45, 7) is 5.56. The molecule has 0 bridgehead atoms. The topological polar surface area (TPSA) is 116 Å². The van der Waals surface area contributed by atoms with E-state index in [1.807, 2.05) is 35.2 Å². The molecule has 1 amide bonds. The second-order valence-corrected chi connectivity index (χ2v) is 14.3. The van der Waals surface area contributed by atoms with Crippen molar-refractivity contribution >= 4 is 45.1 Å². The summed E-state index contributed by atoms with van der Waals surface area (Å²) in [6, 6.07) is 11.5. The monoisotopic (exact) mass is 605 g/mol. The minimum atomic E-state index is -3.90. The third-order valence-corrected chi connectivity index (χ3v) is 10.1. The molecule has 11 heteroatoms. The maximum Gasteiger partial charge on any atom is 0.408 e. The molecule has 0 radical (unpaired) electrons.